The quantitative estimate of drug-likeness (QED) is 0.324. The van der Waals surface area contributed by atoms with E-state index in [1.807, 2.05) is 12.1 Å². The van der Waals surface area contributed by atoms with Gasteiger partial charge in [0.15, 0.2) is 0 Å². The number of benzene rings is 3. The van der Waals surface area contributed by atoms with Gasteiger partial charge in [0.25, 0.3) is 0 Å². The van der Waals surface area contributed by atoms with Crippen molar-refractivity contribution in [2.75, 3.05) is 0 Å². The monoisotopic (exact) mass is 534 g/mol. The maximum Gasteiger partial charge on any atom is 0.0724 e. The van der Waals surface area contributed by atoms with E-state index >= 15 is 0 Å². The molecular formula is C32H39BrO2. The predicted molar refractivity (Wildman–Crippen MR) is 152 cm³/mol. The third kappa shape index (κ3) is 9.07. The molecule has 3 aromatic rings. The third-order valence-electron chi connectivity index (χ3n) is 5.59. The summed E-state index contributed by atoms with van der Waals surface area (Å²) < 4.78 is 12.6. The van der Waals surface area contributed by atoms with Crippen LogP contribution in [0, 0.1) is 0 Å². The Morgan fingerprint density at radius 2 is 1.23 bits per heavy atom. The molecule has 186 valence electrons. The molecule has 3 heteroatoms. The Morgan fingerprint density at radius 1 is 0.714 bits per heavy atom. The molecule has 0 atom stereocenters. The van der Waals surface area contributed by atoms with Crippen LogP contribution in [0.5, 0.6) is 0 Å². The summed E-state index contributed by atoms with van der Waals surface area (Å²) in [6, 6.07) is 23.6. The van der Waals surface area contributed by atoms with E-state index in [4.69, 9.17) is 9.47 Å². The topological polar surface area (TPSA) is 18.5 Å². The average molecular weight is 536 g/mol. The largest absolute Gasteiger partial charge is 0.371 e. The fourth-order valence-electron chi connectivity index (χ4n) is 3.76. The molecule has 0 radical (unpaired) electrons. The lowest BCUT2D eigenvalue weighted by Gasteiger charge is -2.19. The molecule has 1 aliphatic carbocycles. The molecule has 0 N–H and O–H groups in total. The van der Waals surface area contributed by atoms with Gasteiger partial charge in [0.1, 0.15) is 0 Å². The zero-order valence-electron chi connectivity index (χ0n) is 22.2. The molecular weight excluding hydrogens is 496 g/mol. The fraction of sp³-hybridized carbons (Fsp3) is 0.375. The Morgan fingerprint density at radius 3 is 1.74 bits per heavy atom. The van der Waals surface area contributed by atoms with Crippen molar-refractivity contribution in [1.29, 1.82) is 0 Å². The molecule has 0 saturated carbocycles. The van der Waals surface area contributed by atoms with Gasteiger partial charge >= 0.3 is 0 Å². The van der Waals surface area contributed by atoms with Crippen LogP contribution in [0.4, 0.5) is 0 Å². The SMILES string of the molecule is CC(C)(C)OCc1ccc(Br)cc1.CC1=Cc2cccc(-c3ccc(COC(C)(C)C)cc3)c2C1. The van der Waals surface area contributed by atoms with Crippen LogP contribution in [0.2, 0.25) is 0 Å². The lowest BCUT2D eigenvalue weighted by atomic mass is 9.95. The first-order valence-corrected chi connectivity index (χ1v) is 13.1. The smallest absolute Gasteiger partial charge is 0.0724 e. The van der Waals surface area contributed by atoms with Crippen LogP contribution in [-0.4, -0.2) is 11.2 Å². The molecule has 0 aliphatic heterocycles. The lowest BCUT2D eigenvalue weighted by molar-refractivity contribution is -0.0152. The summed E-state index contributed by atoms with van der Waals surface area (Å²) in [7, 11) is 0. The fourth-order valence-corrected chi connectivity index (χ4v) is 4.03. The van der Waals surface area contributed by atoms with Crippen LogP contribution in [0.15, 0.2) is 76.8 Å². The molecule has 2 nitrogen and oxygen atoms in total. The Kier molecular flexibility index (Phi) is 9.15. The van der Waals surface area contributed by atoms with Gasteiger partial charge in [-0.2, -0.15) is 0 Å². The molecule has 35 heavy (non-hydrogen) atoms. The van der Waals surface area contributed by atoms with Gasteiger partial charge in [-0.15, -0.1) is 0 Å². The first-order valence-electron chi connectivity index (χ1n) is 12.3. The second-order valence-electron chi connectivity index (χ2n) is 11.2. The van der Waals surface area contributed by atoms with Gasteiger partial charge < -0.3 is 9.47 Å². The highest BCUT2D eigenvalue weighted by Crippen LogP contribution is 2.34. The minimum atomic E-state index is -0.0951. The number of fused-ring (bicyclic) bond motifs is 1. The molecule has 0 saturated heterocycles. The molecule has 0 bridgehead atoms. The molecule has 4 rings (SSSR count). The molecule has 0 heterocycles. The van der Waals surface area contributed by atoms with Gasteiger partial charge in [0.2, 0.25) is 0 Å². The lowest BCUT2D eigenvalue weighted by Crippen LogP contribution is -2.18. The first kappa shape index (κ1) is 27.4. The summed E-state index contributed by atoms with van der Waals surface area (Å²) in [4.78, 5) is 0. The number of rotatable bonds is 5. The molecule has 0 spiro atoms. The summed E-state index contributed by atoms with van der Waals surface area (Å²) in [5, 5.41) is 0. The second kappa shape index (κ2) is 11.7. The van der Waals surface area contributed by atoms with E-state index in [1.54, 1.807) is 0 Å². The van der Waals surface area contributed by atoms with Gasteiger partial charge in [0.05, 0.1) is 24.4 Å². The Balaban J connectivity index is 0.000000225. The van der Waals surface area contributed by atoms with Crippen LogP contribution in [0.3, 0.4) is 0 Å². The van der Waals surface area contributed by atoms with Crippen molar-refractivity contribution in [3.05, 3.63) is 99.0 Å². The van der Waals surface area contributed by atoms with Crippen molar-refractivity contribution in [2.24, 2.45) is 0 Å². The number of ether oxygens (including phenoxy) is 2. The number of hydrogen-bond donors (Lipinski definition) is 0. The zero-order valence-corrected chi connectivity index (χ0v) is 23.8. The highest BCUT2D eigenvalue weighted by atomic mass is 79.9. The highest BCUT2D eigenvalue weighted by molar-refractivity contribution is 9.10. The van der Waals surface area contributed by atoms with E-state index in [0.717, 1.165) is 10.9 Å². The van der Waals surface area contributed by atoms with Gasteiger partial charge in [-0.25, -0.2) is 0 Å². The van der Waals surface area contributed by atoms with Crippen molar-refractivity contribution < 1.29 is 9.47 Å². The first-order chi connectivity index (χ1) is 16.4. The van der Waals surface area contributed by atoms with Gasteiger partial charge in [0, 0.05) is 4.47 Å². The average Bonchev–Trinajstić information content (AvgIpc) is 3.17. The molecule has 3 aromatic carbocycles. The third-order valence-corrected chi connectivity index (χ3v) is 6.12. The van der Waals surface area contributed by atoms with Gasteiger partial charge in [-0.05, 0) is 100 Å². The van der Waals surface area contributed by atoms with E-state index in [1.165, 1.54) is 39.0 Å². The van der Waals surface area contributed by atoms with E-state index in [2.05, 4.69) is 125 Å². The maximum absolute atomic E-state index is 5.84. The van der Waals surface area contributed by atoms with E-state index < -0.39 is 0 Å². The minimum Gasteiger partial charge on any atom is -0.371 e. The molecule has 0 unspecified atom stereocenters. The zero-order chi connectivity index (χ0) is 25.6. The highest BCUT2D eigenvalue weighted by Gasteiger charge is 2.15. The van der Waals surface area contributed by atoms with Crippen LogP contribution >= 0.6 is 15.9 Å². The van der Waals surface area contributed by atoms with E-state index in [0.29, 0.717) is 13.2 Å². The number of hydrogen-bond acceptors (Lipinski definition) is 2. The molecule has 0 fully saturated rings. The van der Waals surface area contributed by atoms with Crippen molar-refractivity contribution in [3.63, 3.8) is 0 Å². The van der Waals surface area contributed by atoms with Crippen molar-refractivity contribution in [2.45, 2.75) is 79.3 Å². The van der Waals surface area contributed by atoms with Gasteiger partial charge in [-0.3, -0.25) is 0 Å². The summed E-state index contributed by atoms with van der Waals surface area (Å²) in [5.74, 6) is 0. The van der Waals surface area contributed by atoms with Crippen LogP contribution < -0.4 is 0 Å². The number of allylic oxidation sites excluding steroid dienone is 1. The molecule has 1 aliphatic rings. The van der Waals surface area contributed by atoms with Crippen molar-refractivity contribution >= 4 is 22.0 Å². The normalized spacial score (nSPS) is 13.1. The maximum atomic E-state index is 5.84. The van der Waals surface area contributed by atoms with Crippen molar-refractivity contribution in [1.82, 2.24) is 0 Å². The Labute approximate surface area is 220 Å². The number of halogens is 1. The minimum absolute atomic E-state index is 0.0624. The van der Waals surface area contributed by atoms with Crippen LogP contribution in [-0.2, 0) is 29.1 Å². The standard InChI is InChI=1S/C21H24O.C11H15BrO/c1-15-12-18-6-5-7-19(20(18)13-15)17-10-8-16(9-11-17)14-22-21(2,3)4;1-11(2,3)13-8-9-4-6-10(12)7-5-9/h5-12H,13-14H2,1-4H3;4-7H,8H2,1-3H3. The van der Waals surface area contributed by atoms with Crippen LogP contribution in [0.1, 0.15) is 70.7 Å². The Bertz CT molecular complexity index is 1130. The van der Waals surface area contributed by atoms with Gasteiger partial charge in [-0.1, -0.05) is 82.2 Å². The second-order valence-corrected chi connectivity index (χ2v) is 12.1. The predicted octanol–water partition coefficient (Wildman–Crippen LogP) is 9.39. The van der Waals surface area contributed by atoms with E-state index in [9.17, 15) is 0 Å². The van der Waals surface area contributed by atoms with E-state index in [-0.39, 0.29) is 11.2 Å². The Hall–Kier alpha value is -2.20. The van der Waals surface area contributed by atoms with Crippen LogP contribution in [0.25, 0.3) is 17.2 Å². The molecule has 0 aromatic heterocycles. The summed E-state index contributed by atoms with van der Waals surface area (Å²) >= 11 is 3.40. The summed E-state index contributed by atoms with van der Waals surface area (Å²) in [6.45, 7) is 16.0. The summed E-state index contributed by atoms with van der Waals surface area (Å²) in [6.07, 6.45) is 3.37. The van der Waals surface area contributed by atoms with Crippen molar-refractivity contribution in [3.8, 4) is 11.1 Å². The summed E-state index contributed by atoms with van der Waals surface area (Å²) in [5.41, 5.74) is 9.19. The molecule has 0 amide bonds.